The van der Waals surface area contributed by atoms with E-state index in [1.54, 1.807) is 0 Å². The molecule has 1 aliphatic carbocycles. The van der Waals surface area contributed by atoms with Crippen LogP contribution >= 0.6 is 0 Å². The zero-order valence-corrected chi connectivity index (χ0v) is 18.7. The van der Waals surface area contributed by atoms with Crippen LogP contribution in [0.5, 0.6) is 0 Å². The third-order valence-electron chi connectivity index (χ3n) is 6.85. The Morgan fingerprint density at radius 1 is 1.10 bits per heavy atom. The van der Waals surface area contributed by atoms with Crippen molar-refractivity contribution < 1.29 is 4.79 Å². The van der Waals surface area contributed by atoms with Gasteiger partial charge in [-0.05, 0) is 57.3 Å². The van der Waals surface area contributed by atoms with Crippen LogP contribution in [0.25, 0.3) is 0 Å². The minimum absolute atomic E-state index is 0.134. The number of hydrogen-bond donors (Lipinski definition) is 2. The van der Waals surface area contributed by atoms with Gasteiger partial charge in [-0.1, -0.05) is 13.8 Å². The molecule has 166 valence electrons. The monoisotopic (exact) mass is 423 g/mol. The Morgan fingerprint density at radius 2 is 1.90 bits per heavy atom. The van der Waals surface area contributed by atoms with Crippen LogP contribution in [0.3, 0.4) is 0 Å². The molecule has 3 aliphatic rings. The summed E-state index contributed by atoms with van der Waals surface area (Å²) in [7, 11) is 0. The molecule has 2 N–H and O–H groups in total. The lowest BCUT2D eigenvalue weighted by molar-refractivity contribution is -0.131. The molecule has 2 aromatic rings. The standard InChI is InChI=1S/C23H33N7O/c1-15(2)18-14-20(28-27-18)25-21-16-8-3-4-9-17(16)24-23(26-21)30-13-7-10-19(30)22(31)29-11-5-6-12-29/h14-15,19H,3-13H2,1-2H3,(H2,24,25,26,27,28)/t19-/m0/s1. The molecule has 1 atom stereocenters. The van der Waals surface area contributed by atoms with Crippen molar-refractivity contribution in [2.45, 2.75) is 77.2 Å². The van der Waals surface area contributed by atoms with Gasteiger partial charge in [-0.2, -0.15) is 10.1 Å². The number of fused-ring (bicyclic) bond motifs is 1. The first-order valence-corrected chi connectivity index (χ1v) is 11.9. The summed E-state index contributed by atoms with van der Waals surface area (Å²) in [5.41, 5.74) is 3.42. The molecule has 0 saturated carbocycles. The fourth-order valence-corrected chi connectivity index (χ4v) is 5.04. The van der Waals surface area contributed by atoms with Crippen molar-refractivity contribution >= 4 is 23.5 Å². The fourth-order valence-electron chi connectivity index (χ4n) is 5.04. The first kappa shape index (κ1) is 20.3. The summed E-state index contributed by atoms with van der Waals surface area (Å²) in [6.45, 7) is 6.90. The van der Waals surface area contributed by atoms with Gasteiger partial charge in [0, 0.05) is 37.0 Å². The summed E-state index contributed by atoms with van der Waals surface area (Å²) in [6.07, 6.45) is 8.38. The van der Waals surface area contributed by atoms with E-state index >= 15 is 0 Å². The fraction of sp³-hybridized carbons (Fsp3) is 0.652. The van der Waals surface area contributed by atoms with Gasteiger partial charge in [-0.25, -0.2) is 4.98 Å². The third kappa shape index (κ3) is 4.00. The lowest BCUT2D eigenvalue weighted by atomic mass is 9.96. The number of anilines is 3. The number of carbonyl (C=O) groups excluding carboxylic acids is 1. The maximum Gasteiger partial charge on any atom is 0.245 e. The molecule has 2 aromatic heterocycles. The lowest BCUT2D eigenvalue weighted by Crippen LogP contribution is -2.45. The minimum Gasteiger partial charge on any atom is -0.341 e. The number of H-pyrrole nitrogens is 1. The number of nitrogens with one attached hydrogen (secondary N) is 2. The summed E-state index contributed by atoms with van der Waals surface area (Å²) >= 11 is 0. The molecule has 8 nitrogen and oxygen atoms in total. The number of hydrogen-bond acceptors (Lipinski definition) is 6. The topological polar surface area (TPSA) is 90.0 Å². The Morgan fingerprint density at radius 3 is 2.68 bits per heavy atom. The molecular formula is C23H33N7O. The van der Waals surface area contributed by atoms with Crippen LogP contribution in [0.2, 0.25) is 0 Å². The third-order valence-corrected chi connectivity index (χ3v) is 6.85. The molecule has 8 heteroatoms. The van der Waals surface area contributed by atoms with Crippen LogP contribution in [0.1, 0.15) is 75.2 Å². The van der Waals surface area contributed by atoms with E-state index in [2.05, 4.69) is 40.3 Å². The Hall–Kier alpha value is -2.64. The number of likely N-dealkylation sites (tertiary alicyclic amines) is 1. The minimum atomic E-state index is -0.134. The Balaban J connectivity index is 1.45. The molecule has 5 rings (SSSR count). The quantitative estimate of drug-likeness (QED) is 0.765. The van der Waals surface area contributed by atoms with Crippen LogP contribution in [-0.2, 0) is 17.6 Å². The summed E-state index contributed by atoms with van der Waals surface area (Å²) in [5, 5.41) is 11.0. The molecule has 0 unspecified atom stereocenters. The average Bonchev–Trinajstić information content (AvgIpc) is 3.54. The second-order valence-corrected chi connectivity index (χ2v) is 9.38. The van der Waals surface area contributed by atoms with Gasteiger partial charge in [-0.15, -0.1) is 0 Å². The number of amides is 1. The van der Waals surface area contributed by atoms with E-state index in [1.165, 1.54) is 5.56 Å². The number of aryl methyl sites for hydroxylation is 1. The second kappa shape index (κ2) is 8.48. The van der Waals surface area contributed by atoms with Crippen molar-refractivity contribution in [2.75, 3.05) is 29.9 Å². The predicted octanol–water partition coefficient (Wildman–Crippen LogP) is 3.54. The van der Waals surface area contributed by atoms with Crippen molar-refractivity contribution in [3.63, 3.8) is 0 Å². The molecule has 0 bridgehead atoms. The van der Waals surface area contributed by atoms with Gasteiger partial charge in [0.1, 0.15) is 11.9 Å². The van der Waals surface area contributed by atoms with Gasteiger partial charge >= 0.3 is 0 Å². The molecule has 31 heavy (non-hydrogen) atoms. The van der Waals surface area contributed by atoms with E-state index in [-0.39, 0.29) is 11.9 Å². The molecule has 0 spiro atoms. The number of carbonyl (C=O) groups is 1. The van der Waals surface area contributed by atoms with Gasteiger partial charge in [0.25, 0.3) is 0 Å². The Bertz CT molecular complexity index is 947. The van der Waals surface area contributed by atoms with E-state index in [1.807, 2.05) is 4.90 Å². The summed E-state index contributed by atoms with van der Waals surface area (Å²) in [5.74, 6) is 2.96. The SMILES string of the molecule is CC(C)c1cc(Nc2nc(N3CCC[C@H]3C(=O)N3CCCC3)nc3c2CCCC3)n[nH]1. The van der Waals surface area contributed by atoms with Crippen LogP contribution in [0, 0.1) is 0 Å². The van der Waals surface area contributed by atoms with E-state index in [9.17, 15) is 4.79 Å². The molecule has 2 aliphatic heterocycles. The molecule has 0 radical (unpaired) electrons. The molecular weight excluding hydrogens is 390 g/mol. The zero-order chi connectivity index (χ0) is 21.4. The number of aromatic amines is 1. The molecule has 2 fully saturated rings. The van der Waals surface area contributed by atoms with E-state index in [0.717, 1.165) is 94.0 Å². The smallest absolute Gasteiger partial charge is 0.245 e. The van der Waals surface area contributed by atoms with Crippen LogP contribution in [0.15, 0.2) is 6.07 Å². The van der Waals surface area contributed by atoms with Crippen LogP contribution in [-0.4, -0.2) is 56.6 Å². The maximum atomic E-state index is 13.2. The Labute approximate surface area is 183 Å². The molecule has 0 aromatic carbocycles. The van der Waals surface area contributed by atoms with Crippen LogP contribution in [0.4, 0.5) is 17.6 Å². The van der Waals surface area contributed by atoms with Gasteiger partial charge < -0.3 is 15.1 Å². The average molecular weight is 424 g/mol. The van der Waals surface area contributed by atoms with Crippen molar-refractivity contribution in [3.8, 4) is 0 Å². The highest BCUT2D eigenvalue weighted by Crippen LogP contribution is 2.32. The first-order chi connectivity index (χ1) is 15.1. The zero-order valence-electron chi connectivity index (χ0n) is 18.7. The lowest BCUT2D eigenvalue weighted by Gasteiger charge is -2.29. The number of nitrogens with zero attached hydrogens (tertiary/aromatic N) is 5. The van der Waals surface area contributed by atoms with Gasteiger partial charge in [-0.3, -0.25) is 9.89 Å². The van der Waals surface area contributed by atoms with Crippen molar-refractivity contribution in [1.29, 1.82) is 0 Å². The predicted molar refractivity (Wildman–Crippen MR) is 121 cm³/mol. The summed E-state index contributed by atoms with van der Waals surface area (Å²) in [6, 6.07) is 1.92. The van der Waals surface area contributed by atoms with Gasteiger partial charge in [0.05, 0.1) is 5.69 Å². The van der Waals surface area contributed by atoms with Crippen molar-refractivity contribution in [2.24, 2.45) is 0 Å². The highest BCUT2D eigenvalue weighted by atomic mass is 16.2. The summed E-state index contributed by atoms with van der Waals surface area (Å²) in [4.78, 5) is 27.3. The molecule has 4 heterocycles. The maximum absolute atomic E-state index is 13.2. The molecule has 2 saturated heterocycles. The highest BCUT2D eigenvalue weighted by molar-refractivity contribution is 5.85. The van der Waals surface area contributed by atoms with Gasteiger partial charge in [0.15, 0.2) is 5.82 Å². The largest absolute Gasteiger partial charge is 0.341 e. The van der Waals surface area contributed by atoms with Crippen molar-refractivity contribution in [1.82, 2.24) is 25.1 Å². The van der Waals surface area contributed by atoms with E-state index < -0.39 is 0 Å². The summed E-state index contributed by atoms with van der Waals surface area (Å²) < 4.78 is 0. The van der Waals surface area contributed by atoms with Crippen molar-refractivity contribution in [3.05, 3.63) is 23.0 Å². The molecule has 1 amide bonds. The first-order valence-electron chi connectivity index (χ1n) is 11.9. The normalized spacial score (nSPS) is 21.1. The Kier molecular flexibility index (Phi) is 5.54. The van der Waals surface area contributed by atoms with Gasteiger partial charge in [0.2, 0.25) is 11.9 Å². The highest BCUT2D eigenvalue weighted by Gasteiger charge is 2.36. The van der Waals surface area contributed by atoms with E-state index in [4.69, 9.17) is 9.97 Å². The second-order valence-electron chi connectivity index (χ2n) is 9.38. The van der Waals surface area contributed by atoms with E-state index in [0.29, 0.717) is 11.9 Å². The number of aromatic nitrogens is 4. The van der Waals surface area contributed by atoms with Crippen LogP contribution < -0.4 is 10.2 Å². The number of rotatable bonds is 5.